The summed E-state index contributed by atoms with van der Waals surface area (Å²) in [5, 5.41) is 11.4. The minimum Gasteiger partial charge on any atom is -0.492 e. The van der Waals surface area contributed by atoms with E-state index >= 15 is 0 Å². The van der Waals surface area contributed by atoms with Gasteiger partial charge in [0.2, 0.25) is 10.0 Å². The van der Waals surface area contributed by atoms with Crippen molar-refractivity contribution in [3.8, 4) is 5.75 Å². The van der Waals surface area contributed by atoms with Gasteiger partial charge in [0.25, 0.3) is 5.69 Å². The first kappa shape index (κ1) is 18.2. The Morgan fingerprint density at radius 2 is 1.88 bits per heavy atom. The van der Waals surface area contributed by atoms with Crippen molar-refractivity contribution in [1.82, 2.24) is 4.72 Å². The van der Waals surface area contributed by atoms with Gasteiger partial charge >= 0.3 is 0 Å². The largest absolute Gasteiger partial charge is 0.492 e. The molecular weight excluding hydrogens is 356 g/mol. The molecule has 2 aromatic carbocycles. The smallest absolute Gasteiger partial charge is 0.270 e. The fraction of sp³-hybridized carbons (Fsp3) is 0.200. The van der Waals surface area contributed by atoms with Crippen LogP contribution in [-0.4, -0.2) is 26.5 Å². The molecule has 0 aliphatic heterocycles. The van der Waals surface area contributed by atoms with Gasteiger partial charge in [-0.3, -0.25) is 10.1 Å². The van der Waals surface area contributed by atoms with Crippen LogP contribution in [0, 0.1) is 17.0 Å². The van der Waals surface area contributed by atoms with Crippen LogP contribution >= 0.6 is 11.6 Å². The van der Waals surface area contributed by atoms with Crippen molar-refractivity contribution in [2.75, 3.05) is 13.2 Å². The number of non-ortho nitro benzene ring substituents is 1. The van der Waals surface area contributed by atoms with Crippen LogP contribution in [0.25, 0.3) is 0 Å². The summed E-state index contributed by atoms with van der Waals surface area (Å²) in [5.41, 5.74) is 0.144. The van der Waals surface area contributed by atoms with Crippen molar-refractivity contribution in [2.24, 2.45) is 0 Å². The lowest BCUT2D eigenvalue weighted by Crippen LogP contribution is -2.28. The fourth-order valence-corrected chi connectivity index (χ4v) is 3.35. The number of nitro groups is 1. The van der Waals surface area contributed by atoms with E-state index in [0.717, 1.165) is 6.07 Å². The van der Waals surface area contributed by atoms with Crippen LogP contribution in [0.3, 0.4) is 0 Å². The highest BCUT2D eigenvalue weighted by molar-refractivity contribution is 7.89. The molecule has 128 valence electrons. The predicted molar refractivity (Wildman–Crippen MR) is 90.0 cm³/mol. The summed E-state index contributed by atoms with van der Waals surface area (Å²) >= 11 is 5.76. The van der Waals surface area contributed by atoms with Gasteiger partial charge in [-0.2, -0.15) is 0 Å². The van der Waals surface area contributed by atoms with Gasteiger partial charge in [-0.15, -0.1) is 0 Å². The van der Waals surface area contributed by atoms with Crippen LogP contribution < -0.4 is 9.46 Å². The molecule has 0 aromatic heterocycles. The summed E-state index contributed by atoms with van der Waals surface area (Å²) in [5.74, 6) is 0.560. The number of ether oxygens (including phenoxy) is 1. The Kier molecular flexibility index (Phi) is 5.76. The number of nitrogens with one attached hydrogen (secondary N) is 1. The molecule has 0 spiro atoms. The molecule has 0 saturated heterocycles. The Balaban J connectivity index is 2.00. The number of hydrogen-bond donors (Lipinski definition) is 1. The molecule has 9 heteroatoms. The summed E-state index contributed by atoms with van der Waals surface area (Å²) in [4.78, 5) is 10.0. The maximum atomic E-state index is 12.3. The van der Waals surface area contributed by atoms with Gasteiger partial charge in [-0.05, 0) is 36.8 Å². The fourth-order valence-electron chi connectivity index (χ4n) is 1.95. The zero-order valence-corrected chi connectivity index (χ0v) is 14.3. The Morgan fingerprint density at radius 3 is 2.50 bits per heavy atom. The molecule has 0 unspecified atom stereocenters. The highest BCUT2D eigenvalue weighted by Gasteiger charge is 2.20. The third kappa shape index (κ3) is 4.67. The van der Waals surface area contributed by atoms with Crippen LogP contribution in [-0.2, 0) is 10.0 Å². The minimum absolute atomic E-state index is 0.0209. The summed E-state index contributed by atoms with van der Waals surface area (Å²) in [6.07, 6.45) is 0. The van der Waals surface area contributed by atoms with Crippen molar-refractivity contribution in [2.45, 2.75) is 11.8 Å². The Hall–Kier alpha value is -2.16. The van der Waals surface area contributed by atoms with E-state index in [9.17, 15) is 18.5 Å². The summed E-state index contributed by atoms with van der Waals surface area (Å²) in [6.45, 7) is 1.70. The van der Waals surface area contributed by atoms with Crippen molar-refractivity contribution >= 4 is 27.3 Å². The quantitative estimate of drug-likeness (QED) is 0.459. The second-order valence-corrected chi connectivity index (χ2v) is 7.08. The van der Waals surface area contributed by atoms with Gasteiger partial charge in [-0.25, -0.2) is 13.1 Å². The molecular formula is C15H15ClN2O5S. The molecule has 7 nitrogen and oxygen atoms in total. The summed E-state index contributed by atoms with van der Waals surface area (Å²) < 4.78 is 32.3. The van der Waals surface area contributed by atoms with Crippen molar-refractivity contribution in [1.29, 1.82) is 0 Å². The van der Waals surface area contributed by atoms with E-state index in [-0.39, 0.29) is 23.7 Å². The number of aryl methyl sites for hydroxylation is 1. The molecule has 2 aromatic rings. The topological polar surface area (TPSA) is 98.5 Å². The SMILES string of the molecule is Cc1ccc([N+](=O)[O-])cc1S(=O)(=O)NCCOc1ccc(Cl)cc1. The monoisotopic (exact) mass is 370 g/mol. The van der Waals surface area contributed by atoms with Crippen LogP contribution in [0.5, 0.6) is 5.75 Å². The number of nitrogens with zero attached hydrogens (tertiary/aromatic N) is 1. The third-order valence-corrected chi connectivity index (χ3v) is 5.00. The van der Waals surface area contributed by atoms with E-state index in [1.807, 2.05) is 0 Å². The van der Waals surface area contributed by atoms with E-state index in [2.05, 4.69) is 4.72 Å². The van der Waals surface area contributed by atoms with Gasteiger partial charge in [0.15, 0.2) is 0 Å². The lowest BCUT2D eigenvalue weighted by Gasteiger charge is -2.10. The van der Waals surface area contributed by atoms with Crippen LogP contribution in [0.2, 0.25) is 5.02 Å². The number of sulfonamides is 1. The number of rotatable bonds is 7. The van der Waals surface area contributed by atoms with Crippen molar-refractivity contribution < 1.29 is 18.1 Å². The second-order valence-electron chi connectivity index (χ2n) is 4.91. The summed E-state index contributed by atoms with van der Waals surface area (Å²) in [7, 11) is -3.86. The van der Waals surface area contributed by atoms with Gasteiger partial charge in [0.05, 0.1) is 9.82 Å². The van der Waals surface area contributed by atoms with Crippen LogP contribution in [0.1, 0.15) is 5.56 Å². The third-order valence-electron chi connectivity index (χ3n) is 3.15. The van der Waals surface area contributed by atoms with Gasteiger partial charge < -0.3 is 4.74 Å². The Bertz CT molecular complexity index is 837. The van der Waals surface area contributed by atoms with E-state index in [4.69, 9.17) is 16.3 Å². The number of hydrogen-bond acceptors (Lipinski definition) is 5. The Morgan fingerprint density at radius 1 is 1.21 bits per heavy atom. The molecule has 24 heavy (non-hydrogen) atoms. The Labute approximate surface area is 144 Å². The zero-order chi connectivity index (χ0) is 17.7. The van der Waals surface area contributed by atoms with E-state index in [0.29, 0.717) is 16.3 Å². The average Bonchev–Trinajstić information content (AvgIpc) is 2.53. The average molecular weight is 371 g/mol. The van der Waals surface area contributed by atoms with Gasteiger partial charge in [0.1, 0.15) is 12.4 Å². The van der Waals surface area contributed by atoms with Crippen molar-refractivity contribution in [3.63, 3.8) is 0 Å². The molecule has 0 aliphatic rings. The first-order chi connectivity index (χ1) is 11.3. The highest BCUT2D eigenvalue weighted by Crippen LogP contribution is 2.21. The van der Waals surface area contributed by atoms with E-state index in [1.165, 1.54) is 12.1 Å². The normalized spacial score (nSPS) is 11.2. The zero-order valence-electron chi connectivity index (χ0n) is 12.7. The molecule has 0 heterocycles. The molecule has 0 atom stereocenters. The molecule has 0 saturated carbocycles. The maximum absolute atomic E-state index is 12.3. The minimum atomic E-state index is -3.86. The first-order valence-electron chi connectivity index (χ1n) is 6.93. The van der Waals surface area contributed by atoms with Crippen LogP contribution in [0.4, 0.5) is 5.69 Å². The molecule has 0 bridgehead atoms. The molecule has 0 radical (unpaired) electrons. The number of benzene rings is 2. The molecule has 0 amide bonds. The number of nitro benzene ring substituents is 1. The highest BCUT2D eigenvalue weighted by atomic mass is 35.5. The predicted octanol–water partition coefficient (Wildman–Crippen LogP) is 2.91. The molecule has 0 aliphatic carbocycles. The van der Waals surface area contributed by atoms with Gasteiger partial charge in [0, 0.05) is 23.7 Å². The van der Waals surface area contributed by atoms with Gasteiger partial charge in [-0.1, -0.05) is 17.7 Å². The molecule has 2 rings (SSSR count). The maximum Gasteiger partial charge on any atom is 0.270 e. The molecule has 0 fully saturated rings. The second kappa shape index (κ2) is 7.61. The van der Waals surface area contributed by atoms with Crippen molar-refractivity contribution in [3.05, 3.63) is 63.2 Å². The summed E-state index contributed by atoms with van der Waals surface area (Å²) in [6, 6.07) is 10.4. The van der Waals surface area contributed by atoms with Crippen LogP contribution in [0.15, 0.2) is 47.4 Å². The first-order valence-corrected chi connectivity index (χ1v) is 8.79. The number of halogens is 1. The molecule has 1 N–H and O–H groups in total. The van der Waals surface area contributed by atoms with E-state index < -0.39 is 14.9 Å². The van der Waals surface area contributed by atoms with E-state index in [1.54, 1.807) is 31.2 Å². The standard InChI is InChI=1S/C15H15ClN2O5S/c1-11-2-5-13(18(19)20)10-15(11)24(21,22)17-8-9-23-14-6-3-12(16)4-7-14/h2-7,10,17H,8-9H2,1H3. The lowest BCUT2D eigenvalue weighted by atomic mass is 10.2. The lowest BCUT2D eigenvalue weighted by molar-refractivity contribution is -0.385.